The molecule has 0 aliphatic carbocycles. The van der Waals surface area contributed by atoms with Crippen LogP contribution in [0.15, 0.2) is 30.3 Å². The summed E-state index contributed by atoms with van der Waals surface area (Å²) < 4.78 is 10.2. The van der Waals surface area contributed by atoms with Crippen LogP contribution in [0.3, 0.4) is 0 Å². The number of hydrogen-bond acceptors (Lipinski definition) is 7. The van der Waals surface area contributed by atoms with Gasteiger partial charge in [-0.25, -0.2) is 0 Å². The van der Waals surface area contributed by atoms with Crippen molar-refractivity contribution >= 4 is 11.9 Å². The second-order valence-electron chi connectivity index (χ2n) is 5.51. The Hall–Kier alpha value is -1.96. The maximum absolute atomic E-state index is 12.3. The van der Waals surface area contributed by atoms with Crippen LogP contribution in [0.1, 0.15) is 12.5 Å². The molecule has 3 rings (SSSR count). The van der Waals surface area contributed by atoms with Crippen LogP contribution in [-0.2, 0) is 30.4 Å². The number of aliphatic hydroxyl groups is 1. The predicted molar refractivity (Wildman–Crippen MR) is 77.7 cm³/mol. The Balaban J connectivity index is 1.85. The first-order chi connectivity index (χ1) is 11.2. The first-order valence-electron chi connectivity index (χ1n) is 7.61. The Kier molecular flexibility index (Phi) is 4.61. The standard InChI is InChI=1S/C16H19NO6/c1-2-21-16(20)13-12-14(11(9-18)22-15(12)19)23-17(13)8-10-6-4-3-5-7-10/h3-7,11-14,18H,2,8-9H2,1H3/t11-,12-,13+,14-/m1/s1. The number of ether oxygens (including phenoxy) is 2. The molecule has 2 heterocycles. The van der Waals surface area contributed by atoms with Crippen LogP contribution < -0.4 is 0 Å². The molecule has 2 aliphatic heterocycles. The third kappa shape index (κ3) is 2.95. The molecule has 7 heteroatoms. The Morgan fingerprint density at radius 2 is 2.09 bits per heavy atom. The van der Waals surface area contributed by atoms with Crippen molar-refractivity contribution in [2.45, 2.75) is 31.7 Å². The van der Waals surface area contributed by atoms with Gasteiger partial charge < -0.3 is 14.6 Å². The second kappa shape index (κ2) is 6.66. The topological polar surface area (TPSA) is 85.3 Å². The molecule has 0 saturated carbocycles. The molecule has 2 saturated heterocycles. The van der Waals surface area contributed by atoms with Gasteiger partial charge in [0.15, 0.2) is 6.10 Å². The number of benzene rings is 1. The molecule has 4 atom stereocenters. The predicted octanol–water partition coefficient (Wildman–Crippen LogP) is 0.268. The highest BCUT2D eigenvalue weighted by Crippen LogP contribution is 2.38. The molecule has 2 aliphatic rings. The molecule has 124 valence electrons. The summed E-state index contributed by atoms with van der Waals surface area (Å²) in [5.74, 6) is -1.84. The van der Waals surface area contributed by atoms with Crippen LogP contribution in [0.5, 0.6) is 0 Å². The summed E-state index contributed by atoms with van der Waals surface area (Å²) in [6.45, 7) is 1.91. The van der Waals surface area contributed by atoms with Gasteiger partial charge in [-0.15, -0.1) is 0 Å². The van der Waals surface area contributed by atoms with Crippen molar-refractivity contribution < 1.29 is 29.0 Å². The van der Waals surface area contributed by atoms with Crippen molar-refractivity contribution in [2.75, 3.05) is 13.2 Å². The Morgan fingerprint density at radius 3 is 2.74 bits per heavy atom. The van der Waals surface area contributed by atoms with Crippen LogP contribution >= 0.6 is 0 Å². The number of fused-ring (bicyclic) bond motifs is 1. The lowest BCUT2D eigenvalue weighted by molar-refractivity contribution is -0.204. The molecular formula is C16H19NO6. The van der Waals surface area contributed by atoms with E-state index >= 15 is 0 Å². The van der Waals surface area contributed by atoms with Crippen molar-refractivity contribution in [2.24, 2.45) is 5.92 Å². The van der Waals surface area contributed by atoms with Crippen molar-refractivity contribution in [3.63, 3.8) is 0 Å². The van der Waals surface area contributed by atoms with E-state index in [0.29, 0.717) is 6.54 Å². The molecule has 0 unspecified atom stereocenters. The van der Waals surface area contributed by atoms with E-state index in [2.05, 4.69) is 0 Å². The Bertz CT molecular complexity index is 577. The molecule has 0 amide bonds. The van der Waals surface area contributed by atoms with Crippen molar-refractivity contribution in [3.8, 4) is 0 Å². The second-order valence-corrected chi connectivity index (χ2v) is 5.51. The van der Waals surface area contributed by atoms with Gasteiger partial charge in [0, 0.05) is 0 Å². The third-order valence-corrected chi connectivity index (χ3v) is 4.06. The number of rotatable bonds is 5. The van der Waals surface area contributed by atoms with Gasteiger partial charge >= 0.3 is 11.9 Å². The van der Waals surface area contributed by atoms with E-state index in [1.807, 2.05) is 30.3 Å². The van der Waals surface area contributed by atoms with Gasteiger partial charge in [-0.1, -0.05) is 30.3 Å². The minimum absolute atomic E-state index is 0.213. The van der Waals surface area contributed by atoms with Crippen LogP contribution in [0.2, 0.25) is 0 Å². The molecular weight excluding hydrogens is 302 g/mol. The fraction of sp³-hybridized carbons (Fsp3) is 0.500. The van der Waals surface area contributed by atoms with Crippen molar-refractivity contribution in [3.05, 3.63) is 35.9 Å². The van der Waals surface area contributed by atoms with Gasteiger partial charge in [-0.05, 0) is 12.5 Å². The van der Waals surface area contributed by atoms with Crippen LogP contribution in [-0.4, -0.2) is 53.6 Å². The van der Waals surface area contributed by atoms with Crippen LogP contribution in [0, 0.1) is 5.92 Å². The number of hydroxylamine groups is 2. The minimum atomic E-state index is -0.871. The Labute approximate surface area is 133 Å². The number of esters is 2. The van der Waals surface area contributed by atoms with Gasteiger partial charge in [-0.2, -0.15) is 5.06 Å². The average molecular weight is 321 g/mol. The summed E-state index contributed by atoms with van der Waals surface area (Å²) in [5.41, 5.74) is 0.940. The van der Waals surface area contributed by atoms with E-state index < -0.39 is 36.1 Å². The lowest BCUT2D eigenvalue weighted by atomic mass is 9.94. The maximum Gasteiger partial charge on any atom is 0.326 e. The molecule has 0 spiro atoms. The van der Waals surface area contributed by atoms with Crippen molar-refractivity contribution in [1.82, 2.24) is 5.06 Å². The number of hydrogen-bond donors (Lipinski definition) is 1. The summed E-state index contributed by atoms with van der Waals surface area (Å²) in [4.78, 5) is 30.2. The number of aliphatic hydroxyl groups excluding tert-OH is 1. The van der Waals surface area contributed by atoms with Gasteiger partial charge in [-0.3, -0.25) is 14.4 Å². The molecule has 0 aromatic heterocycles. The first kappa shape index (κ1) is 15.9. The lowest BCUT2D eigenvalue weighted by Crippen LogP contribution is -2.42. The van der Waals surface area contributed by atoms with Crippen molar-refractivity contribution in [1.29, 1.82) is 0 Å². The smallest absolute Gasteiger partial charge is 0.326 e. The average Bonchev–Trinajstić information content (AvgIpc) is 3.06. The van der Waals surface area contributed by atoms with E-state index in [9.17, 15) is 14.7 Å². The zero-order valence-electron chi connectivity index (χ0n) is 12.8. The van der Waals surface area contributed by atoms with E-state index in [4.69, 9.17) is 14.3 Å². The quantitative estimate of drug-likeness (QED) is 0.779. The van der Waals surface area contributed by atoms with Crippen LogP contribution in [0.25, 0.3) is 0 Å². The summed E-state index contributed by atoms with van der Waals surface area (Å²) in [5, 5.41) is 10.8. The van der Waals surface area contributed by atoms with Crippen LogP contribution in [0.4, 0.5) is 0 Å². The number of carbonyl (C=O) groups excluding carboxylic acids is 2. The largest absolute Gasteiger partial charge is 0.465 e. The summed E-state index contributed by atoms with van der Waals surface area (Å²) in [7, 11) is 0. The molecule has 23 heavy (non-hydrogen) atoms. The molecule has 1 N–H and O–H groups in total. The SMILES string of the molecule is CCOC(=O)[C@@H]1[C@H]2C(=O)O[C@H](CO)[C@H]2ON1Cc1ccccc1. The monoisotopic (exact) mass is 321 g/mol. The zero-order chi connectivity index (χ0) is 16.4. The van der Waals surface area contributed by atoms with E-state index in [1.54, 1.807) is 6.92 Å². The Morgan fingerprint density at radius 1 is 1.35 bits per heavy atom. The maximum atomic E-state index is 12.3. The summed E-state index contributed by atoms with van der Waals surface area (Å²) in [6, 6.07) is 8.60. The fourth-order valence-electron chi connectivity index (χ4n) is 3.04. The third-order valence-electron chi connectivity index (χ3n) is 4.06. The summed E-state index contributed by atoms with van der Waals surface area (Å²) in [6.07, 6.45) is -1.43. The van der Waals surface area contributed by atoms with E-state index in [0.717, 1.165) is 5.56 Å². The molecule has 7 nitrogen and oxygen atoms in total. The molecule has 0 bridgehead atoms. The highest BCUT2D eigenvalue weighted by atomic mass is 16.7. The van der Waals surface area contributed by atoms with Gasteiger partial charge in [0.05, 0.1) is 19.8 Å². The van der Waals surface area contributed by atoms with Gasteiger partial charge in [0.1, 0.15) is 18.1 Å². The van der Waals surface area contributed by atoms with E-state index in [1.165, 1.54) is 5.06 Å². The van der Waals surface area contributed by atoms with Gasteiger partial charge in [0.2, 0.25) is 0 Å². The number of nitrogens with zero attached hydrogens (tertiary/aromatic N) is 1. The first-order valence-corrected chi connectivity index (χ1v) is 7.61. The van der Waals surface area contributed by atoms with E-state index in [-0.39, 0.29) is 13.2 Å². The minimum Gasteiger partial charge on any atom is -0.465 e. The number of carbonyl (C=O) groups is 2. The molecule has 2 fully saturated rings. The highest BCUT2D eigenvalue weighted by molar-refractivity contribution is 5.87. The molecule has 0 radical (unpaired) electrons. The fourth-order valence-corrected chi connectivity index (χ4v) is 3.04. The lowest BCUT2D eigenvalue weighted by Gasteiger charge is -2.24. The normalized spacial score (nSPS) is 30.1. The number of cyclic esters (lactones) is 1. The van der Waals surface area contributed by atoms with Gasteiger partial charge in [0.25, 0.3) is 0 Å². The molecule has 1 aromatic carbocycles. The summed E-state index contributed by atoms with van der Waals surface area (Å²) >= 11 is 0. The zero-order valence-corrected chi connectivity index (χ0v) is 12.8. The molecule has 1 aromatic rings. The highest BCUT2D eigenvalue weighted by Gasteiger charge is 2.60.